The van der Waals surface area contributed by atoms with E-state index in [-0.39, 0.29) is 18.0 Å². The Balaban J connectivity index is 2.55. The third-order valence-corrected chi connectivity index (χ3v) is 1.91. The summed E-state index contributed by atoms with van der Waals surface area (Å²) in [6.07, 6.45) is 0.425. The number of halogens is 1. The minimum Gasteiger partial charge on any atom is -0.458 e. The van der Waals surface area contributed by atoms with Crippen LogP contribution in [0, 0.1) is 5.82 Å². The highest BCUT2D eigenvalue weighted by molar-refractivity contribution is 5.78. The molecular weight excluding hydrogens is 171 g/mol. The number of rotatable bonds is 2. The van der Waals surface area contributed by atoms with Crippen LogP contribution in [-0.4, -0.2) is 11.7 Å². The van der Waals surface area contributed by atoms with Crippen molar-refractivity contribution in [3.63, 3.8) is 0 Å². The molecule has 68 valence electrons. The van der Waals surface area contributed by atoms with E-state index in [1.165, 1.54) is 6.07 Å². The highest BCUT2D eigenvalue weighted by Gasteiger charge is 2.06. The Morgan fingerprint density at radius 3 is 2.92 bits per heavy atom. The van der Waals surface area contributed by atoms with Crippen LogP contribution in [-0.2, 0) is 6.42 Å². The van der Waals surface area contributed by atoms with Crippen LogP contribution in [0.15, 0.2) is 28.7 Å². The molecule has 0 unspecified atom stereocenters. The monoisotopic (exact) mass is 180 g/mol. The van der Waals surface area contributed by atoms with E-state index in [0.29, 0.717) is 12.2 Å². The Morgan fingerprint density at radius 2 is 2.23 bits per heavy atom. The molecular formula is C10H9FO2. The molecule has 0 spiro atoms. The van der Waals surface area contributed by atoms with Crippen LogP contribution in [0.5, 0.6) is 0 Å². The molecule has 1 heterocycles. The topological polar surface area (TPSA) is 33.4 Å². The summed E-state index contributed by atoms with van der Waals surface area (Å²) in [7, 11) is 0. The summed E-state index contributed by atoms with van der Waals surface area (Å²) >= 11 is 0. The lowest BCUT2D eigenvalue weighted by molar-refractivity contribution is 0.289. The van der Waals surface area contributed by atoms with Crippen LogP contribution in [0.1, 0.15) is 5.76 Å². The normalized spacial score (nSPS) is 10.9. The molecule has 0 amide bonds. The number of hydrogen-bond donors (Lipinski definition) is 1. The van der Waals surface area contributed by atoms with Crippen molar-refractivity contribution in [3.05, 3.63) is 35.8 Å². The van der Waals surface area contributed by atoms with Gasteiger partial charge in [0, 0.05) is 11.8 Å². The largest absolute Gasteiger partial charge is 0.458 e. The van der Waals surface area contributed by atoms with Gasteiger partial charge in [0.1, 0.15) is 5.76 Å². The second kappa shape index (κ2) is 3.18. The number of hydrogen-bond acceptors (Lipinski definition) is 2. The molecule has 2 aromatic rings. The number of aliphatic hydroxyl groups is 1. The molecule has 0 aliphatic heterocycles. The van der Waals surface area contributed by atoms with Gasteiger partial charge >= 0.3 is 0 Å². The van der Waals surface area contributed by atoms with Crippen molar-refractivity contribution in [1.29, 1.82) is 0 Å². The molecule has 0 saturated carbocycles. The maximum absolute atomic E-state index is 13.1. The zero-order chi connectivity index (χ0) is 9.26. The standard InChI is InChI=1S/C10H9FO2/c11-9-3-1-2-7-6-8(4-5-12)13-10(7)9/h1-3,6,12H,4-5H2. The van der Waals surface area contributed by atoms with E-state index in [9.17, 15) is 4.39 Å². The lowest BCUT2D eigenvalue weighted by Gasteiger charge is -1.89. The molecule has 1 aromatic carbocycles. The Hall–Kier alpha value is -1.35. The summed E-state index contributed by atoms with van der Waals surface area (Å²) < 4.78 is 18.3. The smallest absolute Gasteiger partial charge is 0.169 e. The van der Waals surface area contributed by atoms with Gasteiger partial charge in [-0.25, -0.2) is 4.39 Å². The molecule has 0 atom stereocenters. The van der Waals surface area contributed by atoms with Crippen LogP contribution in [0.2, 0.25) is 0 Å². The van der Waals surface area contributed by atoms with E-state index in [4.69, 9.17) is 9.52 Å². The minimum absolute atomic E-state index is 0.0153. The fraction of sp³-hybridized carbons (Fsp3) is 0.200. The van der Waals surface area contributed by atoms with Crippen molar-refractivity contribution in [2.45, 2.75) is 6.42 Å². The van der Waals surface area contributed by atoms with Crippen LogP contribution in [0.3, 0.4) is 0 Å². The molecule has 13 heavy (non-hydrogen) atoms. The number of para-hydroxylation sites is 1. The number of aliphatic hydroxyl groups excluding tert-OH is 1. The van der Waals surface area contributed by atoms with Gasteiger partial charge in [0.2, 0.25) is 0 Å². The van der Waals surface area contributed by atoms with E-state index in [0.717, 1.165) is 5.39 Å². The molecule has 2 nitrogen and oxygen atoms in total. The SMILES string of the molecule is OCCc1cc2cccc(F)c2o1. The number of benzene rings is 1. The van der Waals surface area contributed by atoms with Crippen molar-refractivity contribution in [2.24, 2.45) is 0 Å². The molecule has 1 N–H and O–H groups in total. The van der Waals surface area contributed by atoms with Crippen molar-refractivity contribution in [3.8, 4) is 0 Å². The highest BCUT2D eigenvalue weighted by Crippen LogP contribution is 2.21. The fourth-order valence-corrected chi connectivity index (χ4v) is 1.31. The zero-order valence-corrected chi connectivity index (χ0v) is 6.96. The van der Waals surface area contributed by atoms with Crippen LogP contribution < -0.4 is 0 Å². The van der Waals surface area contributed by atoms with E-state index in [1.807, 2.05) is 0 Å². The Labute approximate surface area is 74.6 Å². The van der Waals surface area contributed by atoms with E-state index >= 15 is 0 Å². The summed E-state index contributed by atoms with van der Waals surface area (Å²) in [5.41, 5.74) is 0.269. The molecule has 0 saturated heterocycles. The van der Waals surface area contributed by atoms with Gasteiger partial charge in [-0.15, -0.1) is 0 Å². The Morgan fingerprint density at radius 1 is 1.38 bits per heavy atom. The summed E-state index contributed by atoms with van der Waals surface area (Å²) in [5.74, 6) is 0.254. The predicted molar refractivity (Wildman–Crippen MR) is 47.0 cm³/mol. The molecule has 0 fully saturated rings. The minimum atomic E-state index is -0.360. The molecule has 2 rings (SSSR count). The second-order valence-corrected chi connectivity index (χ2v) is 2.84. The summed E-state index contributed by atoms with van der Waals surface area (Å²) in [6, 6.07) is 6.52. The first kappa shape index (κ1) is 8.26. The van der Waals surface area contributed by atoms with Crippen molar-refractivity contribution >= 4 is 11.0 Å². The van der Waals surface area contributed by atoms with Gasteiger partial charge in [-0.2, -0.15) is 0 Å². The fourth-order valence-electron chi connectivity index (χ4n) is 1.31. The van der Waals surface area contributed by atoms with Gasteiger partial charge in [0.25, 0.3) is 0 Å². The summed E-state index contributed by atoms with van der Waals surface area (Å²) in [5, 5.41) is 9.40. The van der Waals surface area contributed by atoms with Crippen molar-refractivity contribution < 1.29 is 13.9 Å². The van der Waals surface area contributed by atoms with Gasteiger partial charge in [0.15, 0.2) is 11.4 Å². The van der Waals surface area contributed by atoms with Crippen LogP contribution in [0.25, 0.3) is 11.0 Å². The second-order valence-electron chi connectivity index (χ2n) is 2.84. The Bertz CT molecular complexity index is 420. The highest BCUT2D eigenvalue weighted by atomic mass is 19.1. The quantitative estimate of drug-likeness (QED) is 0.767. The van der Waals surface area contributed by atoms with Crippen molar-refractivity contribution in [1.82, 2.24) is 0 Å². The number of fused-ring (bicyclic) bond motifs is 1. The van der Waals surface area contributed by atoms with Crippen molar-refractivity contribution in [2.75, 3.05) is 6.61 Å². The Kier molecular flexibility index (Phi) is 2.02. The van der Waals surface area contributed by atoms with E-state index < -0.39 is 0 Å². The zero-order valence-electron chi connectivity index (χ0n) is 6.96. The van der Waals surface area contributed by atoms with E-state index in [1.54, 1.807) is 18.2 Å². The summed E-state index contributed by atoms with van der Waals surface area (Å²) in [6.45, 7) is 0.0153. The first-order valence-corrected chi connectivity index (χ1v) is 4.09. The van der Waals surface area contributed by atoms with Crippen LogP contribution in [0.4, 0.5) is 4.39 Å². The average Bonchev–Trinajstić information content (AvgIpc) is 2.49. The van der Waals surface area contributed by atoms with Gasteiger partial charge in [-0.05, 0) is 12.1 Å². The van der Waals surface area contributed by atoms with Gasteiger partial charge in [-0.1, -0.05) is 12.1 Å². The van der Waals surface area contributed by atoms with Gasteiger partial charge in [0.05, 0.1) is 6.61 Å². The third kappa shape index (κ3) is 1.42. The molecule has 0 aliphatic carbocycles. The third-order valence-electron chi connectivity index (χ3n) is 1.91. The van der Waals surface area contributed by atoms with E-state index in [2.05, 4.69) is 0 Å². The van der Waals surface area contributed by atoms with Crippen LogP contribution >= 0.6 is 0 Å². The molecule has 0 aliphatic rings. The maximum Gasteiger partial charge on any atom is 0.169 e. The molecule has 3 heteroatoms. The molecule has 1 aromatic heterocycles. The average molecular weight is 180 g/mol. The van der Waals surface area contributed by atoms with Gasteiger partial charge < -0.3 is 9.52 Å². The summed E-state index contributed by atoms with van der Waals surface area (Å²) in [4.78, 5) is 0. The lowest BCUT2D eigenvalue weighted by Crippen LogP contribution is -1.85. The first-order chi connectivity index (χ1) is 6.31. The predicted octanol–water partition coefficient (Wildman–Crippen LogP) is 2.11. The number of furan rings is 1. The maximum atomic E-state index is 13.1. The van der Waals surface area contributed by atoms with Gasteiger partial charge in [-0.3, -0.25) is 0 Å². The molecule has 0 bridgehead atoms. The first-order valence-electron chi connectivity index (χ1n) is 4.09. The lowest BCUT2D eigenvalue weighted by atomic mass is 10.2. The molecule has 0 radical (unpaired) electrons.